The van der Waals surface area contributed by atoms with E-state index in [1.165, 1.54) is 0 Å². The summed E-state index contributed by atoms with van der Waals surface area (Å²) in [5, 5.41) is 11.2. The van der Waals surface area contributed by atoms with Crippen LogP contribution in [-0.4, -0.2) is 13.1 Å². The summed E-state index contributed by atoms with van der Waals surface area (Å²) in [6.07, 6.45) is 0.843. The predicted octanol–water partition coefficient (Wildman–Crippen LogP) is 1.24. The largest absolute Gasteiger partial charge is 0.466 e. The molecule has 0 atom stereocenters. The third kappa shape index (κ3) is 2.77. The van der Waals surface area contributed by atoms with E-state index >= 15 is 0 Å². The zero-order valence-corrected chi connectivity index (χ0v) is 7.13. The van der Waals surface area contributed by atoms with E-state index in [0.29, 0.717) is 6.54 Å². The van der Waals surface area contributed by atoms with Gasteiger partial charge in [0, 0.05) is 13.0 Å². The first-order valence-corrected chi connectivity index (χ1v) is 3.96. The van der Waals surface area contributed by atoms with Gasteiger partial charge in [0.25, 0.3) is 0 Å². The fraction of sp³-hybridized carbons (Fsp3) is 0.444. The molecule has 0 bridgehead atoms. The van der Waals surface area contributed by atoms with Crippen LogP contribution in [0.1, 0.15) is 11.5 Å². The summed E-state index contributed by atoms with van der Waals surface area (Å²) in [6.45, 7) is 3.12. The Morgan fingerprint density at radius 1 is 1.58 bits per heavy atom. The van der Waals surface area contributed by atoms with Crippen molar-refractivity contribution in [3.63, 3.8) is 0 Å². The van der Waals surface area contributed by atoms with E-state index in [-0.39, 0.29) is 0 Å². The Balaban J connectivity index is 2.21. The molecule has 64 valence electrons. The third-order valence-corrected chi connectivity index (χ3v) is 1.55. The zero-order chi connectivity index (χ0) is 8.81. The zero-order valence-electron chi connectivity index (χ0n) is 7.13. The quantitative estimate of drug-likeness (QED) is 0.538. The maximum Gasteiger partial charge on any atom is 0.105 e. The van der Waals surface area contributed by atoms with E-state index in [9.17, 15) is 0 Å². The molecule has 1 aromatic heterocycles. The second kappa shape index (κ2) is 4.58. The van der Waals surface area contributed by atoms with E-state index in [1.54, 1.807) is 0 Å². The summed E-state index contributed by atoms with van der Waals surface area (Å²) in [6, 6.07) is 5.92. The van der Waals surface area contributed by atoms with E-state index in [2.05, 4.69) is 5.32 Å². The molecule has 0 unspecified atom stereocenters. The SMILES string of the molecule is Cc1ccc(CCNCC#N)o1. The lowest BCUT2D eigenvalue weighted by Crippen LogP contribution is -2.16. The lowest BCUT2D eigenvalue weighted by molar-refractivity contribution is 0.478. The minimum Gasteiger partial charge on any atom is -0.466 e. The van der Waals surface area contributed by atoms with Crippen molar-refractivity contribution in [1.29, 1.82) is 5.26 Å². The number of nitriles is 1. The molecular formula is C9H12N2O. The highest BCUT2D eigenvalue weighted by molar-refractivity contribution is 5.05. The summed E-state index contributed by atoms with van der Waals surface area (Å²) in [7, 11) is 0. The van der Waals surface area contributed by atoms with Crippen LogP contribution in [0.3, 0.4) is 0 Å². The van der Waals surface area contributed by atoms with E-state index in [4.69, 9.17) is 9.68 Å². The number of nitrogens with one attached hydrogen (secondary N) is 1. The molecule has 12 heavy (non-hydrogen) atoms. The first-order chi connectivity index (χ1) is 5.83. The molecule has 0 aliphatic rings. The van der Waals surface area contributed by atoms with Gasteiger partial charge in [0.15, 0.2) is 0 Å². The van der Waals surface area contributed by atoms with E-state index in [0.717, 1.165) is 24.5 Å². The van der Waals surface area contributed by atoms with Crippen LogP contribution in [0.4, 0.5) is 0 Å². The minimum atomic E-state index is 0.402. The van der Waals surface area contributed by atoms with Crippen LogP contribution in [0.2, 0.25) is 0 Å². The molecule has 0 aromatic carbocycles. The smallest absolute Gasteiger partial charge is 0.105 e. The molecule has 0 aliphatic carbocycles. The molecule has 0 saturated carbocycles. The average molecular weight is 164 g/mol. The van der Waals surface area contributed by atoms with Crippen LogP contribution in [0, 0.1) is 18.3 Å². The number of nitrogens with zero attached hydrogens (tertiary/aromatic N) is 1. The van der Waals surface area contributed by atoms with Crippen LogP contribution in [-0.2, 0) is 6.42 Å². The number of hydrogen-bond donors (Lipinski definition) is 1. The lowest BCUT2D eigenvalue weighted by atomic mass is 10.3. The van der Waals surface area contributed by atoms with Crippen LogP contribution < -0.4 is 5.32 Å². The van der Waals surface area contributed by atoms with Crippen LogP contribution in [0.25, 0.3) is 0 Å². The Kier molecular flexibility index (Phi) is 3.36. The summed E-state index contributed by atoms with van der Waals surface area (Å²) >= 11 is 0. The summed E-state index contributed by atoms with van der Waals surface area (Å²) in [4.78, 5) is 0. The highest BCUT2D eigenvalue weighted by Crippen LogP contribution is 2.05. The summed E-state index contributed by atoms with van der Waals surface area (Å²) < 4.78 is 5.34. The highest BCUT2D eigenvalue weighted by atomic mass is 16.3. The first-order valence-electron chi connectivity index (χ1n) is 3.96. The van der Waals surface area contributed by atoms with Crippen molar-refractivity contribution in [2.45, 2.75) is 13.3 Å². The molecular weight excluding hydrogens is 152 g/mol. The Labute approximate surface area is 72.0 Å². The maximum absolute atomic E-state index is 8.23. The van der Waals surface area contributed by atoms with Gasteiger partial charge in [0.2, 0.25) is 0 Å². The van der Waals surface area contributed by atoms with Gasteiger partial charge in [-0.25, -0.2) is 0 Å². The molecule has 0 amide bonds. The Morgan fingerprint density at radius 2 is 2.42 bits per heavy atom. The minimum absolute atomic E-state index is 0.402. The van der Waals surface area contributed by atoms with Crippen molar-refractivity contribution in [2.75, 3.05) is 13.1 Å². The van der Waals surface area contributed by atoms with Gasteiger partial charge in [-0.3, -0.25) is 0 Å². The van der Waals surface area contributed by atoms with Crippen LogP contribution >= 0.6 is 0 Å². The molecule has 0 aliphatic heterocycles. The number of rotatable bonds is 4. The molecule has 0 radical (unpaired) electrons. The summed E-state index contributed by atoms with van der Waals surface area (Å²) in [5.74, 6) is 1.91. The molecule has 0 saturated heterocycles. The second-order valence-corrected chi connectivity index (χ2v) is 2.60. The van der Waals surface area contributed by atoms with Crippen molar-refractivity contribution in [1.82, 2.24) is 5.32 Å². The van der Waals surface area contributed by atoms with E-state index < -0.39 is 0 Å². The fourth-order valence-corrected chi connectivity index (χ4v) is 0.975. The third-order valence-electron chi connectivity index (χ3n) is 1.55. The van der Waals surface area contributed by atoms with Crippen LogP contribution in [0.5, 0.6) is 0 Å². The summed E-state index contributed by atoms with van der Waals surface area (Å²) in [5.41, 5.74) is 0. The van der Waals surface area contributed by atoms with Gasteiger partial charge in [0.05, 0.1) is 12.6 Å². The second-order valence-electron chi connectivity index (χ2n) is 2.60. The van der Waals surface area contributed by atoms with Crippen molar-refractivity contribution in [3.05, 3.63) is 23.7 Å². The Morgan fingerprint density at radius 3 is 3.00 bits per heavy atom. The van der Waals surface area contributed by atoms with Gasteiger partial charge in [-0.15, -0.1) is 0 Å². The molecule has 1 rings (SSSR count). The van der Waals surface area contributed by atoms with Gasteiger partial charge in [-0.2, -0.15) is 5.26 Å². The molecule has 3 heteroatoms. The van der Waals surface area contributed by atoms with Crippen molar-refractivity contribution in [3.8, 4) is 6.07 Å². The lowest BCUT2D eigenvalue weighted by Gasteiger charge is -1.96. The van der Waals surface area contributed by atoms with Gasteiger partial charge in [-0.05, 0) is 19.1 Å². The van der Waals surface area contributed by atoms with Gasteiger partial charge >= 0.3 is 0 Å². The normalized spacial score (nSPS) is 9.67. The van der Waals surface area contributed by atoms with Crippen molar-refractivity contribution < 1.29 is 4.42 Å². The maximum atomic E-state index is 8.23. The molecule has 1 aromatic rings. The molecule has 0 spiro atoms. The first kappa shape index (κ1) is 8.82. The van der Waals surface area contributed by atoms with Gasteiger partial charge < -0.3 is 9.73 Å². The highest BCUT2D eigenvalue weighted by Gasteiger charge is 1.96. The van der Waals surface area contributed by atoms with Gasteiger partial charge in [0.1, 0.15) is 11.5 Å². The monoisotopic (exact) mass is 164 g/mol. The Hall–Kier alpha value is -1.27. The average Bonchev–Trinajstić information content (AvgIpc) is 2.45. The van der Waals surface area contributed by atoms with Gasteiger partial charge in [-0.1, -0.05) is 0 Å². The standard InChI is InChI=1S/C9H12N2O/c1-8-2-3-9(12-8)4-6-11-7-5-10/h2-3,11H,4,6-7H2,1H3. The number of furan rings is 1. The fourth-order valence-electron chi connectivity index (χ4n) is 0.975. The topological polar surface area (TPSA) is 49.0 Å². The van der Waals surface area contributed by atoms with Crippen molar-refractivity contribution >= 4 is 0 Å². The molecule has 3 nitrogen and oxygen atoms in total. The predicted molar refractivity (Wildman–Crippen MR) is 45.6 cm³/mol. The number of aryl methyl sites for hydroxylation is 1. The molecule has 1 heterocycles. The van der Waals surface area contributed by atoms with Crippen molar-refractivity contribution in [2.24, 2.45) is 0 Å². The number of hydrogen-bond acceptors (Lipinski definition) is 3. The van der Waals surface area contributed by atoms with Crippen LogP contribution in [0.15, 0.2) is 16.5 Å². The Bertz CT molecular complexity index is 272. The molecule has 0 fully saturated rings. The molecule has 1 N–H and O–H groups in total. The van der Waals surface area contributed by atoms with E-state index in [1.807, 2.05) is 25.1 Å².